The molecule has 0 radical (unpaired) electrons. The molecule has 0 bridgehead atoms. The second kappa shape index (κ2) is 4.70. The zero-order valence-electron chi connectivity index (χ0n) is 9.96. The van der Waals surface area contributed by atoms with Crippen molar-refractivity contribution in [1.29, 1.82) is 0 Å². The number of hydrogen-bond donors (Lipinski definition) is 2. The van der Waals surface area contributed by atoms with Gasteiger partial charge in [0, 0.05) is 11.3 Å². The number of anilines is 2. The van der Waals surface area contributed by atoms with Crippen LogP contribution >= 0.6 is 11.3 Å². The van der Waals surface area contributed by atoms with Crippen molar-refractivity contribution >= 4 is 38.3 Å². The number of hydrogen-bond acceptors (Lipinski definition) is 4. The first kappa shape index (κ1) is 11.7. The van der Waals surface area contributed by atoms with E-state index >= 15 is 0 Å². The van der Waals surface area contributed by atoms with Gasteiger partial charge >= 0.3 is 0 Å². The Morgan fingerprint density at radius 1 is 1.16 bits per heavy atom. The molecule has 94 valence electrons. The van der Waals surface area contributed by atoms with Gasteiger partial charge in [-0.15, -0.1) is 0 Å². The minimum Gasteiger partial charge on any atom is -0.399 e. The van der Waals surface area contributed by atoms with Crippen molar-refractivity contribution in [1.82, 2.24) is 4.98 Å². The molecule has 1 aromatic heterocycles. The second-order valence-electron chi connectivity index (χ2n) is 4.07. The molecule has 0 saturated heterocycles. The predicted octanol–water partition coefficient (Wildman–Crippen LogP) is 3.13. The molecule has 4 nitrogen and oxygen atoms in total. The summed E-state index contributed by atoms with van der Waals surface area (Å²) in [4.78, 5) is 16.3. The second-order valence-corrected chi connectivity index (χ2v) is 5.10. The number of carbonyl (C=O) groups is 1. The number of benzene rings is 2. The van der Waals surface area contributed by atoms with Crippen molar-refractivity contribution in [2.45, 2.75) is 0 Å². The minimum absolute atomic E-state index is 0.160. The Kier molecular flexibility index (Phi) is 2.89. The van der Waals surface area contributed by atoms with Crippen LogP contribution in [-0.4, -0.2) is 10.9 Å². The van der Waals surface area contributed by atoms with Crippen LogP contribution in [0.5, 0.6) is 0 Å². The van der Waals surface area contributed by atoms with Crippen molar-refractivity contribution in [3.63, 3.8) is 0 Å². The third kappa shape index (κ3) is 2.41. The number of thiazole rings is 1. The fourth-order valence-corrected chi connectivity index (χ4v) is 2.60. The Bertz CT molecular complexity index is 737. The molecule has 3 N–H and O–H groups in total. The van der Waals surface area contributed by atoms with E-state index in [1.807, 2.05) is 30.3 Å². The van der Waals surface area contributed by atoms with Crippen LogP contribution in [0.3, 0.4) is 0 Å². The lowest BCUT2D eigenvalue weighted by Crippen LogP contribution is -2.11. The van der Waals surface area contributed by atoms with Crippen molar-refractivity contribution in [2.24, 2.45) is 0 Å². The molecule has 0 atom stereocenters. The lowest BCUT2D eigenvalue weighted by molar-refractivity contribution is 0.102. The number of amides is 1. The Balaban J connectivity index is 1.87. The molecule has 0 spiro atoms. The summed E-state index contributed by atoms with van der Waals surface area (Å²) in [5.41, 5.74) is 7.78. The van der Waals surface area contributed by atoms with Crippen LogP contribution < -0.4 is 11.1 Å². The van der Waals surface area contributed by atoms with Gasteiger partial charge in [0.05, 0.1) is 10.2 Å². The SMILES string of the molecule is Nc1ccc2sc(NC(=O)c3ccccc3)nc2c1. The van der Waals surface area contributed by atoms with Crippen LogP contribution in [0.4, 0.5) is 10.8 Å². The van der Waals surface area contributed by atoms with Crippen molar-refractivity contribution in [2.75, 3.05) is 11.1 Å². The van der Waals surface area contributed by atoms with Gasteiger partial charge in [-0.3, -0.25) is 10.1 Å². The number of nitrogens with two attached hydrogens (primary N) is 1. The summed E-state index contributed by atoms with van der Waals surface area (Å²) >= 11 is 1.43. The fraction of sp³-hybridized carbons (Fsp3) is 0. The predicted molar refractivity (Wildman–Crippen MR) is 78.4 cm³/mol. The number of aromatic nitrogens is 1. The molecule has 0 unspecified atom stereocenters. The molecule has 3 aromatic rings. The van der Waals surface area contributed by atoms with Crippen LogP contribution in [0.25, 0.3) is 10.2 Å². The first-order chi connectivity index (χ1) is 9.22. The molecular weight excluding hydrogens is 258 g/mol. The standard InChI is InChI=1S/C14H11N3OS/c15-10-6-7-12-11(8-10)16-14(19-12)17-13(18)9-4-2-1-3-5-9/h1-8H,15H2,(H,16,17,18). The highest BCUT2D eigenvalue weighted by atomic mass is 32.1. The van der Waals surface area contributed by atoms with Gasteiger partial charge in [0.25, 0.3) is 5.91 Å². The van der Waals surface area contributed by atoms with Crippen LogP contribution in [0.1, 0.15) is 10.4 Å². The average molecular weight is 269 g/mol. The van der Waals surface area contributed by atoms with Gasteiger partial charge in [-0.25, -0.2) is 4.98 Å². The lowest BCUT2D eigenvalue weighted by Gasteiger charge is -2.00. The number of carbonyl (C=O) groups excluding carboxylic acids is 1. The Morgan fingerprint density at radius 3 is 2.74 bits per heavy atom. The Hall–Kier alpha value is -2.40. The van der Waals surface area contributed by atoms with Gasteiger partial charge in [0.1, 0.15) is 0 Å². The zero-order chi connectivity index (χ0) is 13.2. The Morgan fingerprint density at radius 2 is 1.95 bits per heavy atom. The number of rotatable bonds is 2. The molecule has 0 aliphatic carbocycles. The summed E-state index contributed by atoms with van der Waals surface area (Å²) in [6, 6.07) is 14.6. The Labute approximate surface area is 113 Å². The molecule has 0 aliphatic heterocycles. The average Bonchev–Trinajstić information content (AvgIpc) is 2.81. The maximum absolute atomic E-state index is 12.0. The van der Waals surface area contributed by atoms with E-state index < -0.39 is 0 Å². The van der Waals surface area contributed by atoms with E-state index in [0.29, 0.717) is 16.4 Å². The van der Waals surface area contributed by atoms with Gasteiger partial charge in [0.15, 0.2) is 5.13 Å². The third-order valence-electron chi connectivity index (χ3n) is 2.67. The molecule has 5 heteroatoms. The molecule has 19 heavy (non-hydrogen) atoms. The van der Waals surface area contributed by atoms with Crippen molar-refractivity contribution in [3.8, 4) is 0 Å². The fourth-order valence-electron chi connectivity index (χ4n) is 1.76. The number of nitrogens with one attached hydrogen (secondary N) is 1. The van der Waals surface area contributed by atoms with Gasteiger partial charge in [0.2, 0.25) is 0 Å². The van der Waals surface area contributed by atoms with E-state index in [2.05, 4.69) is 10.3 Å². The van der Waals surface area contributed by atoms with Crippen molar-refractivity contribution < 1.29 is 4.79 Å². The molecular formula is C14H11N3OS. The molecule has 0 saturated carbocycles. The summed E-state index contributed by atoms with van der Waals surface area (Å²) in [5, 5.41) is 3.37. The summed E-state index contributed by atoms with van der Waals surface area (Å²) < 4.78 is 0.998. The van der Waals surface area contributed by atoms with Crippen LogP contribution in [0, 0.1) is 0 Å². The third-order valence-corrected chi connectivity index (χ3v) is 3.62. The van der Waals surface area contributed by atoms with Gasteiger partial charge in [-0.1, -0.05) is 29.5 Å². The van der Waals surface area contributed by atoms with E-state index in [1.54, 1.807) is 18.2 Å². The minimum atomic E-state index is -0.160. The maximum atomic E-state index is 12.0. The summed E-state index contributed by atoms with van der Waals surface area (Å²) in [6.07, 6.45) is 0. The number of nitrogens with zero attached hydrogens (tertiary/aromatic N) is 1. The number of fused-ring (bicyclic) bond motifs is 1. The molecule has 3 rings (SSSR count). The van der Waals surface area contributed by atoms with E-state index in [4.69, 9.17) is 5.73 Å². The molecule has 0 aliphatic rings. The van der Waals surface area contributed by atoms with Gasteiger partial charge in [-0.05, 0) is 30.3 Å². The first-order valence-electron chi connectivity index (χ1n) is 5.75. The quantitative estimate of drug-likeness (QED) is 0.702. The maximum Gasteiger partial charge on any atom is 0.257 e. The van der Waals surface area contributed by atoms with E-state index in [1.165, 1.54) is 11.3 Å². The topological polar surface area (TPSA) is 68.0 Å². The number of nitrogen functional groups attached to an aromatic ring is 1. The largest absolute Gasteiger partial charge is 0.399 e. The van der Waals surface area contributed by atoms with Crippen LogP contribution in [0.2, 0.25) is 0 Å². The van der Waals surface area contributed by atoms with E-state index in [0.717, 1.165) is 10.2 Å². The molecule has 1 amide bonds. The van der Waals surface area contributed by atoms with Gasteiger partial charge < -0.3 is 5.73 Å². The summed E-state index contributed by atoms with van der Waals surface area (Å²) in [6.45, 7) is 0. The molecule has 1 heterocycles. The lowest BCUT2D eigenvalue weighted by atomic mass is 10.2. The smallest absolute Gasteiger partial charge is 0.257 e. The van der Waals surface area contributed by atoms with Crippen LogP contribution in [-0.2, 0) is 0 Å². The zero-order valence-corrected chi connectivity index (χ0v) is 10.8. The molecule has 0 fully saturated rings. The highest BCUT2D eigenvalue weighted by molar-refractivity contribution is 7.22. The normalized spacial score (nSPS) is 10.5. The van der Waals surface area contributed by atoms with Crippen LogP contribution in [0.15, 0.2) is 48.5 Å². The monoisotopic (exact) mass is 269 g/mol. The van der Waals surface area contributed by atoms with E-state index in [9.17, 15) is 4.79 Å². The van der Waals surface area contributed by atoms with Gasteiger partial charge in [-0.2, -0.15) is 0 Å². The highest BCUT2D eigenvalue weighted by Crippen LogP contribution is 2.27. The summed E-state index contributed by atoms with van der Waals surface area (Å²) in [5.74, 6) is -0.160. The van der Waals surface area contributed by atoms with Crippen molar-refractivity contribution in [3.05, 3.63) is 54.1 Å². The summed E-state index contributed by atoms with van der Waals surface area (Å²) in [7, 11) is 0. The van der Waals surface area contributed by atoms with E-state index in [-0.39, 0.29) is 5.91 Å². The first-order valence-corrected chi connectivity index (χ1v) is 6.56. The highest BCUT2D eigenvalue weighted by Gasteiger charge is 2.09. The molecule has 2 aromatic carbocycles.